The molecule has 21 heavy (non-hydrogen) atoms. The van der Waals surface area contributed by atoms with E-state index in [1.165, 1.54) is 0 Å². The monoisotopic (exact) mass is 286 g/mol. The number of aliphatic hydroxyl groups is 1. The smallest absolute Gasteiger partial charge is 0.129 e. The third-order valence-corrected chi connectivity index (χ3v) is 3.05. The summed E-state index contributed by atoms with van der Waals surface area (Å²) in [5.74, 6) is 0.723. The fraction of sp³-hybridized carbons (Fsp3) is 0.312. The molecule has 0 aliphatic heterocycles. The Morgan fingerprint density at radius 2 is 2.24 bits per heavy atom. The van der Waals surface area contributed by atoms with Gasteiger partial charge in [-0.05, 0) is 30.7 Å². The number of nitrogens with one attached hydrogen (secondary N) is 1. The highest BCUT2D eigenvalue weighted by Gasteiger charge is 2.08. The van der Waals surface area contributed by atoms with Gasteiger partial charge in [-0.1, -0.05) is 12.1 Å². The Balaban J connectivity index is 1.77. The lowest BCUT2D eigenvalue weighted by atomic mass is 10.1. The van der Waals surface area contributed by atoms with Gasteiger partial charge >= 0.3 is 0 Å². The summed E-state index contributed by atoms with van der Waals surface area (Å²) in [6.07, 6.45) is 0.921. The second-order valence-electron chi connectivity index (χ2n) is 4.74. The van der Waals surface area contributed by atoms with Crippen LogP contribution in [0, 0.1) is 18.3 Å². The highest BCUT2D eigenvalue weighted by atomic mass is 16.5. The molecule has 1 aromatic carbocycles. The van der Waals surface area contributed by atoms with Gasteiger partial charge in [-0.3, -0.25) is 0 Å². The lowest BCUT2D eigenvalue weighted by Crippen LogP contribution is -2.25. The van der Waals surface area contributed by atoms with Gasteiger partial charge in [0.25, 0.3) is 0 Å². The van der Waals surface area contributed by atoms with Crippen molar-refractivity contribution in [3.8, 4) is 6.07 Å². The lowest BCUT2D eigenvalue weighted by molar-refractivity contribution is 0.0282. The van der Waals surface area contributed by atoms with Crippen LogP contribution in [0.4, 0.5) is 5.69 Å². The number of nitrogens with zero attached hydrogens (tertiary/aromatic N) is 1. The maximum Gasteiger partial charge on any atom is 0.129 e. The summed E-state index contributed by atoms with van der Waals surface area (Å²) in [4.78, 5) is 0. The summed E-state index contributed by atoms with van der Waals surface area (Å²) in [6, 6.07) is 11.3. The first-order valence-corrected chi connectivity index (χ1v) is 6.72. The van der Waals surface area contributed by atoms with Crippen molar-refractivity contribution in [2.45, 2.75) is 19.6 Å². The SMILES string of the molecule is Cc1cccc(NCC(O)COCc2ccco2)c1C#N. The molecule has 1 unspecified atom stereocenters. The molecule has 5 nitrogen and oxygen atoms in total. The van der Waals surface area contributed by atoms with E-state index in [4.69, 9.17) is 14.4 Å². The lowest BCUT2D eigenvalue weighted by Gasteiger charge is -2.14. The number of aryl methyl sites for hydroxylation is 1. The number of furan rings is 1. The van der Waals surface area contributed by atoms with Gasteiger partial charge < -0.3 is 19.6 Å². The van der Waals surface area contributed by atoms with E-state index in [1.54, 1.807) is 12.3 Å². The topological polar surface area (TPSA) is 78.4 Å². The van der Waals surface area contributed by atoms with Crippen molar-refractivity contribution < 1.29 is 14.3 Å². The fourth-order valence-corrected chi connectivity index (χ4v) is 1.94. The molecule has 2 aromatic rings. The first kappa shape index (κ1) is 15.1. The predicted octanol–water partition coefficient (Wildman–Crippen LogP) is 2.45. The van der Waals surface area contributed by atoms with Gasteiger partial charge in [0.2, 0.25) is 0 Å². The Morgan fingerprint density at radius 1 is 1.38 bits per heavy atom. The third-order valence-electron chi connectivity index (χ3n) is 3.05. The van der Waals surface area contributed by atoms with E-state index in [1.807, 2.05) is 31.2 Å². The second kappa shape index (κ2) is 7.48. The van der Waals surface area contributed by atoms with Gasteiger partial charge in [0.15, 0.2) is 0 Å². The number of hydrogen-bond donors (Lipinski definition) is 2. The minimum absolute atomic E-state index is 0.196. The second-order valence-corrected chi connectivity index (χ2v) is 4.74. The van der Waals surface area contributed by atoms with Crippen LogP contribution in [-0.2, 0) is 11.3 Å². The molecule has 0 fully saturated rings. The van der Waals surface area contributed by atoms with Crippen molar-refractivity contribution in [3.05, 3.63) is 53.5 Å². The first-order chi connectivity index (χ1) is 10.2. The van der Waals surface area contributed by atoms with Gasteiger partial charge in [-0.25, -0.2) is 0 Å². The van der Waals surface area contributed by atoms with Gasteiger partial charge in [-0.15, -0.1) is 0 Å². The Hall–Kier alpha value is -2.29. The average Bonchev–Trinajstić information content (AvgIpc) is 2.98. The number of benzene rings is 1. The van der Waals surface area contributed by atoms with E-state index < -0.39 is 6.10 Å². The summed E-state index contributed by atoms with van der Waals surface area (Å²) in [6.45, 7) is 2.72. The van der Waals surface area contributed by atoms with E-state index >= 15 is 0 Å². The summed E-state index contributed by atoms with van der Waals surface area (Å²) < 4.78 is 10.5. The summed E-state index contributed by atoms with van der Waals surface area (Å²) in [7, 11) is 0. The highest BCUT2D eigenvalue weighted by molar-refractivity contribution is 5.60. The van der Waals surface area contributed by atoms with Gasteiger partial charge in [0.05, 0.1) is 30.2 Å². The summed E-state index contributed by atoms with van der Waals surface area (Å²) >= 11 is 0. The molecule has 1 heterocycles. The van der Waals surface area contributed by atoms with Crippen molar-refractivity contribution >= 4 is 5.69 Å². The molecule has 0 radical (unpaired) electrons. The van der Waals surface area contributed by atoms with Crippen LogP contribution in [0.5, 0.6) is 0 Å². The average molecular weight is 286 g/mol. The van der Waals surface area contributed by atoms with E-state index in [-0.39, 0.29) is 6.61 Å². The van der Waals surface area contributed by atoms with Crippen LogP contribution in [-0.4, -0.2) is 24.4 Å². The molecule has 1 aromatic heterocycles. The zero-order valence-corrected chi connectivity index (χ0v) is 11.9. The molecule has 2 rings (SSSR count). The largest absolute Gasteiger partial charge is 0.467 e. The molecule has 0 spiro atoms. The highest BCUT2D eigenvalue weighted by Crippen LogP contribution is 2.18. The van der Waals surface area contributed by atoms with Crippen molar-refractivity contribution in [2.24, 2.45) is 0 Å². The van der Waals surface area contributed by atoms with Crippen molar-refractivity contribution in [1.82, 2.24) is 0 Å². The molecule has 1 atom stereocenters. The molecule has 0 saturated heterocycles. The normalized spacial score (nSPS) is 11.9. The fourth-order valence-electron chi connectivity index (χ4n) is 1.94. The van der Waals surface area contributed by atoms with Crippen molar-refractivity contribution in [2.75, 3.05) is 18.5 Å². The maximum atomic E-state index is 9.87. The van der Waals surface area contributed by atoms with Crippen LogP contribution in [0.3, 0.4) is 0 Å². The molecule has 0 saturated carbocycles. The van der Waals surface area contributed by atoms with Gasteiger partial charge in [-0.2, -0.15) is 5.26 Å². The van der Waals surface area contributed by atoms with Crippen LogP contribution < -0.4 is 5.32 Å². The third kappa shape index (κ3) is 4.35. The number of anilines is 1. The van der Waals surface area contributed by atoms with E-state index in [0.717, 1.165) is 17.0 Å². The Labute approximate surface area is 123 Å². The number of ether oxygens (including phenoxy) is 1. The number of aliphatic hydroxyl groups excluding tert-OH is 1. The van der Waals surface area contributed by atoms with Gasteiger partial charge in [0, 0.05) is 6.54 Å². The van der Waals surface area contributed by atoms with Crippen LogP contribution in [0.2, 0.25) is 0 Å². The van der Waals surface area contributed by atoms with Crippen molar-refractivity contribution in [1.29, 1.82) is 5.26 Å². The first-order valence-electron chi connectivity index (χ1n) is 6.72. The molecule has 2 N–H and O–H groups in total. The van der Waals surface area contributed by atoms with Crippen LogP contribution in [0.15, 0.2) is 41.0 Å². The van der Waals surface area contributed by atoms with E-state index in [2.05, 4.69) is 11.4 Å². The number of hydrogen-bond acceptors (Lipinski definition) is 5. The van der Waals surface area contributed by atoms with Gasteiger partial charge in [0.1, 0.15) is 18.4 Å². The Kier molecular flexibility index (Phi) is 5.38. The quantitative estimate of drug-likeness (QED) is 0.817. The molecule has 0 aliphatic carbocycles. The maximum absolute atomic E-state index is 9.87. The van der Waals surface area contributed by atoms with E-state index in [0.29, 0.717) is 18.7 Å². The molecule has 5 heteroatoms. The van der Waals surface area contributed by atoms with Crippen molar-refractivity contribution in [3.63, 3.8) is 0 Å². The summed E-state index contributed by atoms with van der Waals surface area (Å²) in [5, 5.41) is 22.1. The molecule has 0 bridgehead atoms. The van der Waals surface area contributed by atoms with Crippen LogP contribution >= 0.6 is 0 Å². The molecular weight excluding hydrogens is 268 g/mol. The Bertz CT molecular complexity index is 602. The minimum Gasteiger partial charge on any atom is -0.467 e. The molecule has 110 valence electrons. The van der Waals surface area contributed by atoms with Crippen LogP contribution in [0.25, 0.3) is 0 Å². The standard InChI is InChI=1S/C16H18N2O3/c1-12-4-2-6-16(15(12)8-17)18-9-13(19)10-20-11-14-5-3-7-21-14/h2-7,13,18-19H,9-11H2,1H3. The molecule has 0 aliphatic rings. The van der Waals surface area contributed by atoms with Crippen LogP contribution in [0.1, 0.15) is 16.9 Å². The zero-order chi connectivity index (χ0) is 15.1. The summed E-state index contributed by atoms with van der Waals surface area (Å²) in [5.41, 5.74) is 2.23. The number of nitriles is 1. The Morgan fingerprint density at radius 3 is 2.95 bits per heavy atom. The van der Waals surface area contributed by atoms with E-state index in [9.17, 15) is 5.11 Å². The predicted molar refractivity (Wildman–Crippen MR) is 78.8 cm³/mol. The zero-order valence-electron chi connectivity index (χ0n) is 11.9. The molecular formula is C16H18N2O3. The minimum atomic E-state index is -0.660. The molecule has 0 amide bonds. The number of rotatable bonds is 7.